The molecular weight excluding hydrogens is 339 g/mol. The molecule has 1 heterocycles. The number of nitrogens with one attached hydrogen (secondary N) is 1. The fourth-order valence-electron chi connectivity index (χ4n) is 3.47. The SMILES string of the molecule is Cc1ccc(C)c(C(c2cccc(Cl)c2Cl)N2CCCNCC2)c1. The Hall–Kier alpha value is -1.06. The molecule has 0 bridgehead atoms. The van der Waals surface area contributed by atoms with Crippen LogP contribution in [0.2, 0.25) is 10.0 Å². The van der Waals surface area contributed by atoms with E-state index < -0.39 is 0 Å². The van der Waals surface area contributed by atoms with Crippen LogP contribution in [0.1, 0.15) is 34.7 Å². The van der Waals surface area contributed by atoms with Gasteiger partial charge in [-0.25, -0.2) is 0 Å². The van der Waals surface area contributed by atoms with Crippen molar-refractivity contribution in [2.24, 2.45) is 0 Å². The van der Waals surface area contributed by atoms with Crippen molar-refractivity contribution in [1.29, 1.82) is 0 Å². The summed E-state index contributed by atoms with van der Waals surface area (Å²) in [6.07, 6.45) is 1.14. The van der Waals surface area contributed by atoms with Crippen molar-refractivity contribution < 1.29 is 0 Å². The fourth-order valence-corrected chi connectivity index (χ4v) is 3.88. The molecule has 4 heteroatoms. The molecule has 1 fully saturated rings. The fraction of sp³-hybridized carbons (Fsp3) is 0.400. The highest BCUT2D eigenvalue weighted by molar-refractivity contribution is 6.42. The molecule has 0 radical (unpaired) electrons. The van der Waals surface area contributed by atoms with E-state index in [-0.39, 0.29) is 6.04 Å². The number of aryl methyl sites for hydroxylation is 2. The third-order valence-electron chi connectivity index (χ3n) is 4.75. The molecule has 0 saturated carbocycles. The summed E-state index contributed by atoms with van der Waals surface area (Å²) in [4.78, 5) is 2.53. The zero-order chi connectivity index (χ0) is 17.1. The Balaban J connectivity index is 2.13. The number of rotatable bonds is 3. The third-order valence-corrected chi connectivity index (χ3v) is 5.58. The van der Waals surface area contributed by atoms with Crippen molar-refractivity contribution >= 4 is 23.2 Å². The summed E-state index contributed by atoms with van der Waals surface area (Å²) >= 11 is 12.9. The average molecular weight is 363 g/mol. The van der Waals surface area contributed by atoms with Gasteiger partial charge in [-0.1, -0.05) is 59.1 Å². The predicted molar refractivity (Wildman–Crippen MR) is 103 cm³/mol. The summed E-state index contributed by atoms with van der Waals surface area (Å²) in [7, 11) is 0. The lowest BCUT2D eigenvalue weighted by atomic mass is 9.92. The molecule has 0 aliphatic carbocycles. The van der Waals surface area contributed by atoms with E-state index >= 15 is 0 Å². The van der Waals surface area contributed by atoms with E-state index in [4.69, 9.17) is 23.2 Å². The topological polar surface area (TPSA) is 15.3 Å². The van der Waals surface area contributed by atoms with Crippen LogP contribution in [0, 0.1) is 13.8 Å². The molecule has 0 aromatic heterocycles. The van der Waals surface area contributed by atoms with Gasteiger partial charge in [0.1, 0.15) is 0 Å². The molecule has 0 amide bonds. The van der Waals surface area contributed by atoms with E-state index in [1.807, 2.05) is 12.1 Å². The van der Waals surface area contributed by atoms with Gasteiger partial charge in [0.25, 0.3) is 0 Å². The lowest BCUT2D eigenvalue weighted by molar-refractivity contribution is 0.240. The Morgan fingerprint density at radius 2 is 1.83 bits per heavy atom. The van der Waals surface area contributed by atoms with Gasteiger partial charge in [0.05, 0.1) is 16.1 Å². The monoisotopic (exact) mass is 362 g/mol. The Bertz CT molecular complexity index is 705. The third kappa shape index (κ3) is 3.78. The minimum atomic E-state index is 0.135. The second-order valence-corrected chi connectivity index (χ2v) is 7.33. The van der Waals surface area contributed by atoms with Gasteiger partial charge in [0.15, 0.2) is 0 Å². The minimum absolute atomic E-state index is 0.135. The first-order valence-corrected chi connectivity index (χ1v) is 9.29. The van der Waals surface area contributed by atoms with Crippen molar-refractivity contribution in [1.82, 2.24) is 10.2 Å². The summed E-state index contributed by atoms with van der Waals surface area (Å²) in [6.45, 7) is 8.44. The van der Waals surface area contributed by atoms with E-state index in [2.05, 4.69) is 48.3 Å². The first kappa shape index (κ1) is 17.8. The molecule has 2 aromatic carbocycles. The van der Waals surface area contributed by atoms with Crippen molar-refractivity contribution in [2.45, 2.75) is 26.3 Å². The Labute approximate surface area is 154 Å². The summed E-state index contributed by atoms with van der Waals surface area (Å²) < 4.78 is 0. The molecule has 2 aromatic rings. The van der Waals surface area contributed by atoms with Crippen LogP contribution in [0.15, 0.2) is 36.4 Å². The van der Waals surface area contributed by atoms with E-state index in [0.717, 1.165) is 38.2 Å². The zero-order valence-electron chi connectivity index (χ0n) is 14.3. The molecule has 1 atom stereocenters. The molecule has 1 aliphatic rings. The van der Waals surface area contributed by atoms with Gasteiger partial charge < -0.3 is 5.32 Å². The average Bonchev–Trinajstić information content (AvgIpc) is 2.84. The predicted octanol–water partition coefficient (Wildman–Crippen LogP) is 4.99. The van der Waals surface area contributed by atoms with Gasteiger partial charge in [0, 0.05) is 19.6 Å². The Morgan fingerprint density at radius 3 is 2.67 bits per heavy atom. The highest BCUT2D eigenvalue weighted by Gasteiger charge is 2.27. The first-order valence-electron chi connectivity index (χ1n) is 8.54. The lowest BCUT2D eigenvalue weighted by Crippen LogP contribution is -2.33. The summed E-state index contributed by atoms with van der Waals surface area (Å²) in [5.74, 6) is 0. The van der Waals surface area contributed by atoms with Crippen LogP contribution in [0.4, 0.5) is 0 Å². The van der Waals surface area contributed by atoms with Crippen LogP contribution in [0.3, 0.4) is 0 Å². The van der Waals surface area contributed by atoms with Gasteiger partial charge in [-0.2, -0.15) is 0 Å². The second kappa shape index (κ2) is 7.88. The first-order chi connectivity index (χ1) is 11.6. The van der Waals surface area contributed by atoms with Crippen LogP contribution in [-0.2, 0) is 0 Å². The highest BCUT2D eigenvalue weighted by Crippen LogP contribution is 2.38. The number of hydrogen-bond donors (Lipinski definition) is 1. The molecule has 128 valence electrons. The molecular formula is C20H24Cl2N2. The summed E-state index contributed by atoms with van der Waals surface area (Å²) in [6, 6.07) is 12.8. The van der Waals surface area contributed by atoms with E-state index in [1.54, 1.807) is 0 Å². The maximum Gasteiger partial charge on any atom is 0.0643 e. The largest absolute Gasteiger partial charge is 0.315 e. The second-order valence-electron chi connectivity index (χ2n) is 6.55. The number of nitrogens with zero attached hydrogens (tertiary/aromatic N) is 1. The lowest BCUT2D eigenvalue weighted by Gasteiger charge is -2.33. The van der Waals surface area contributed by atoms with Crippen LogP contribution < -0.4 is 5.32 Å². The van der Waals surface area contributed by atoms with Crippen LogP contribution in [0.25, 0.3) is 0 Å². The van der Waals surface area contributed by atoms with Gasteiger partial charge >= 0.3 is 0 Å². The van der Waals surface area contributed by atoms with Crippen molar-refractivity contribution in [3.8, 4) is 0 Å². The standard InChI is InChI=1S/C20H24Cl2N2/c1-14-7-8-15(2)17(13-14)20(24-11-4-9-23-10-12-24)16-5-3-6-18(21)19(16)22/h3,5-8,13,20,23H,4,9-12H2,1-2H3. The van der Waals surface area contributed by atoms with E-state index in [9.17, 15) is 0 Å². The van der Waals surface area contributed by atoms with Crippen molar-refractivity contribution in [3.05, 3.63) is 68.7 Å². The molecule has 1 saturated heterocycles. The maximum absolute atomic E-state index is 6.62. The van der Waals surface area contributed by atoms with Gasteiger partial charge in [-0.15, -0.1) is 0 Å². The van der Waals surface area contributed by atoms with Crippen molar-refractivity contribution in [2.75, 3.05) is 26.2 Å². The van der Waals surface area contributed by atoms with Crippen LogP contribution in [-0.4, -0.2) is 31.1 Å². The molecule has 1 N–H and O–H groups in total. The smallest absolute Gasteiger partial charge is 0.0643 e. The Morgan fingerprint density at radius 1 is 1.00 bits per heavy atom. The van der Waals surface area contributed by atoms with Gasteiger partial charge in [0.2, 0.25) is 0 Å². The highest BCUT2D eigenvalue weighted by atomic mass is 35.5. The van der Waals surface area contributed by atoms with Gasteiger partial charge in [-0.05, 0) is 49.6 Å². The Kier molecular flexibility index (Phi) is 5.83. The molecule has 24 heavy (non-hydrogen) atoms. The molecule has 1 aliphatic heterocycles. The quantitative estimate of drug-likeness (QED) is 0.826. The maximum atomic E-state index is 6.62. The van der Waals surface area contributed by atoms with E-state index in [0.29, 0.717) is 10.0 Å². The summed E-state index contributed by atoms with van der Waals surface area (Å²) in [5, 5.41) is 4.78. The normalized spacial score (nSPS) is 17.5. The zero-order valence-corrected chi connectivity index (χ0v) is 15.8. The van der Waals surface area contributed by atoms with E-state index in [1.165, 1.54) is 16.7 Å². The molecule has 1 unspecified atom stereocenters. The number of benzene rings is 2. The van der Waals surface area contributed by atoms with Crippen LogP contribution >= 0.6 is 23.2 Å². The molecule has 3 rings (SSSR count). The molecule has 0 spiro atoms. The van der Waals surface area contributed by atoms with Crippen LogP contribution in [0.5, 0.6) is 0 Å². The number of halogens is 2. The minimum Gasteiger partial charge on any atom is -0.315 e. The molecule has 2 nitrogen and oxygen atoms in total. The summed E-state index contributed by atoms with van der Waals surface area (Å²) in [5.41, 5.74) is 4.98. The van der Waals surface area contributed by atoms with Gasteiger partial charge in [-0.3, -0.25) is 4.90 Å². The van der Waals surface area contributed by atoms with Crippen molar-refractivity contribution in [3.63, 3.8) is 0 Å². The number of hydrogen-bond acceptors (Lipinski definition) is 2.